The van der Waals surface area contributed by atoms with Crippen LogP contribution in [-0.4, -0.2) is 22.3 Å². The van der Waals surface area contributed by atoms with Gasteiger partial charge in [0.15, 0.2) is 5.82 Å². The molecule has 6 nitrogen and oxygen atoms in total. The highest BCUT2D eigenvalue weighted by Crippen LogP contribution is 2.21. The number of hydrogen-bond acceptors (Lipinski definition) is 6. The minimum Gasteiger partial charge on any atom is -0.496 e. The Morgan fingerprint density at radius 3 is 2.56 bits per heavy atom. The van der Waals surface area contributed by atoms with Crippen LogP contribution < -0.4 is 15.4 Å². The number of aryl methyl sites for hydroxylation is 1. The molecule has 2 N–H and O–H groups in total. The van der Waals surface area contributed by atoms with Gasteiger partial charge in [0.2, 0.25) is 5.95 Å². The summed E-state index contributed by atoms with van der Waals surface area (Å²) in [5.41, 5.74) is 3.29. The minimum absolute atomic E-state index is 0.463. The lowest BCUT2D eigenvalue weighted by Gasteiger charge is -2.11. The van der Waals surface area contributed by atoms with E-state index in [1.54, 1.807) is 13.3 Å². The first-order valence-corrected chi connectivity index (χ1v) is 8.20. The van der Waals surface area contributed by atoms with Crippen LogP contribution in [0.1, 0.15) is 18.1 Å². The largest absolute Gasteiger partial charge is 0.496 e. The first-order valence-electron chi connectivity index (χ1n) is 8.20. The lowest BCUT2D eigenvalue weighted by molar-refractivity contribution is 0.410. The second-order valence-electron chi connectivity index (χ2n) is 5.47. The van der Waals surface area contributed by atoms with E-state index in [1.165, 1.54) is 5.56 Å². The number of nitrogens with zero attached hydrogens (tertiary/aromatic N) is 3. The molecule has 0 bridgehead atoms. The molecule has 0 saturated carbocycles. The maximum absolute atomic E-state index is 5.35. The number of para-hydroxylation sites is 2. The van der Waals surface area contributed by atoms with Crippen LogP contribution in [0.3, 0.4) is 0 Å². The molecular formula is C19H21N5O. The number of methoxy groups -OCH3 is 1. The van der Waals surface area contributed by atoms with Gasteiger partial charge in [0.1, 0.15) is 5.75 Å². The Morgan fingerprint density at radius 1 is 1.00 bits per heavy atom. The SMILES string of the molecule is CCc1ccccc1Nc1cnnc(NCc2ccccc2OC)n1. The van der Waals surface area contributed by atoms with Crippen LogP contribution in [0.4, 0.5) is 17.5 Å². The third-order valence-electron chi connectivity index (χ3n) is 3.85. The summed E-state index contributed by atoms with van der Waals surface area (Å²) in [4.78, 5) is 4.48. The molecule has 0 aliphatic heterocycles. The van der Waals surface area contributed by atoms with Gasteiger partial charge < -0.3 is 15.4 Å². The lowest BCUT2D eigenvalue weighted by Crippen LogP contribution is -2.07. The number of rotatable bonds is 7. The lowest BCUT2D eigenvalue weighted by atomic mass is 10.1. The van der Waals surface area contributed by atoms with E-state index in [9.17, 15) is 0 Å². The fourth-order valence-corrected chi connectivity index (χ4v) is 2.55. The normalized spacial score (nSPS) is 10.3. The van der Waals surface area contributed by atoms with Crippen molar-refractivity contribution in [3.8, 4) is 5.75 Å². The van der Waals surface area contributed by atoms with Gasteiger partial charge in [-0.25, -0.2) is 0 Å². The quantitative estimate of drug-likeness (QED) is 0.684. The van der Waals surface area contributed by atoms with Gasteiger partial charge in [0.05, 0.1) is 13.3 Å². The number of ether oxygens (including phenoxy) is 1. The molecule has 0 unspecified atom stereocenters. The fraction of sp³-hybridized carbons (Fsp3) is 0.211. The van der Waals surface area contributed by atoms with Gasteiger partial charge in [-0.3, -0.25) is 0 Å². The standard InChI is InChI=1S/C19H21N5O/c1-3-14-8-4-6-10-16(14)22-18-13-21-24-19(23-18)20-12-15-9-5-7-11-17(15)25-2/h4-11,13H,3,12H2,1-2H3,(H2,20,22,23,24). The van der Waals surface area contributed by atoms with Crippen LogP contribution in [0.5, 0.6) is 5.75 Å². The predicted molar refractivity (Wildman–Crippen MR) is 99.3 cm³/mol. The van der Waals surface area contributed by atoms with Crippen LogP contribution in [0.2, 0.25) is 0 Å². The molecule has 0 radical (unpaired) electrons. The van der Waals surface area contributed by atoms with Crippen molar-refractivity contribution in [2.45, 2.75) is 19.9 Å². The molecule has 128 valence electrons. The van der Waals surface area contributed by atoms with Crippen LogP contribution >= 0.6 is 0 Å². The van der Waals surface area contributed by atoms with Crippen LogP contribution in [-0.2, 0) is 13.0 Å². The van der Waals surface area contributed by atoms with E-state index < -0.39 is 0 Å². The highest BCUT2D eigenvalue weighted by Gasteiger charge is 2.06. The molecule has 0 spiro atoms. The Hall–Kier alpha value is -3.15. The Morgan fingerprint density at radius 2 is 1.76 bits per heavy atom. The Balaban J connectivity index is 1.71. The van der Waals surface area contributed by atoms with E-state index >= 15 is 0 Å². The first kappa shape index (κ1) is 16.7. The number of nitrogens with one attached hydrogen (secondary N) is 2. The molecule has 3 aromatic rings. The Labute approximate surface area is 147 Å². The molecule has 3 rings (SSSR count). The molecule has 25 heavy (non-hydrogen) atoms. The average Bonchev–Trinajstić information content (AvgIpc) is 2.67. The van der Waals surface area contributed by atoms with Crippen molar-refractivity contribution in [3.63, 3.8) is 0 Å². The smallest absolute Gasteiger partial charge is 0.244 e. The van der Waals surface area contributed by atoms with Crippen molar-refractivity contribution in [1.29, 1.82) is 0 Å². The molecule has 2 aromatic carbocycles. The van der Waals surface area contributed by atoms with E-state index in [0.29, 0.717) is 18.3 Å². The number of anilines is 3. The molecule has 1 aromatic heterocycles. The molecule has 6 heteroatoms. The monoisotopic (exact) mass is 335 g/mol. The van der Waals surface area contributed by atoms with Gasteiger partial charge in [-0.15, -0.1) is 5.10 Å². The van der Waals surface area contributed by atoms with Crippen molar-refractivity contribution < 1.29 is 4.74 Å². The summed E-state index contributed by atoms with van der Waals surface area (Å²) in [5, 5.41) is 14.6. The zero-order valence-electron chi connectivity index (χ0n) is 14.4. The van der Waals surface area contributed by atoms with Crippen molar-refractivity contribution in [2.75, 3.05) is 17.7 Å². The molecule has 0 saturated heterocycles. The molecule has 0 aliphatic rings. The summed E-state index contributed by atoms with van der Waals surface area (Å²) in [6.07, 6.45) is 2.56. The van der Waals surface area contributed by atoms with E-state index in [4.69, 9.17) is 4.74 Å². The summed E-state index contributed by atoms with van der Waals surface area (Å²) in [6.45, 7) is 2.68. The van der Waals surface area contributed by atoms with Crippen LogP contribution in [0.15, 0.2) is 54.7 Å². The van der Waals surface area contributed by atoms with Gasteiger partial charge >= 0.3 is 0 Å². The molecule has 0 amide bonds. The second kappa shape index (κ2) is 8.10. The minimum atomic E-state index is 0.463. The van der Waals surface area contributed by atoms with E-state index in [1.807, 2.05) is 42.5 Å². The summed E-state index contributed by atoms with van der Waals surface area (Å²) in [6, 6.07) is 16.0. The summed E-state index contributed by atoms with van der Waals surface area (Å²) in [5.74, 6) is 1.94. The molecule has 0 aliphatic carbocycles. The Bertz CT molecular complexity index is 837. The molecular weight excluding hydrogens is 314 g/mol. The van der Waals surface area contributed by atoms with E-state index in [-0.39, 0.29) is 0 Å². The van der Waals surface area contributed by atoms with Gasteiger partial charge in [-0.1, -0.05) is 43.3 Å². The zero-order chi connectivity index (χ0) is 17.5. The Kier molecular flexibility index (Phi) is 5.41. The second-order valence-corrected chi connectivity index (χ2v) is 5.47. The van der Waals surface area contributed by atoms with Crippen LogP contribution in [0, 0.1) is 0 Å². The number of aromatic nitrogens is 3. The first-order chi connectivity index (χ1) is 12.3. The van der Waals surface area contributed by atoms with Crippen molar-refractivity contribution in [2.24, 2.45) is 0 Å². The van der Waals surface area contributed by atoms with Crippen molar-refractivity contribution in [3.05, 3.63) is 65.9 Å². The third-order valence-corrected chi connectivity index (χ3v) is 3.85. The number of hydrogen-bond donors (Lipinski definition) is 2. The van der Waals surface area contributed by atoms with E-state index in [2.05, 4.69) is 38.8 Å². The molecule has 0 atom stereocenters. The topological polar surface area (TPSA) is 72.0 Å². The van der Waals surface area contributed by atoms with Gasteiger partial charge in [-0.05, 0) is 24.1 Å². The third kappa shape index (κ3) is 4.23. The van der Waals surface area contributed by atoms with Gasteiger partial charge in [0, 0.05) is 17.8 Å². The maximum Gasteiger partial charge on any atom is 0.244 e. The predicted octanol–water partition coefficient (Wildman–Crippen LogP) is 3.80. The van der Waals surface area contributed by atoms with Gasteiger partial charge in [-0.2, -0.15) is 10.1 Å². The van der Waals surface area contributed by atoms with Crippen molar-refractivity contribution in [1.82, 2.24) is 15.2 Å². The fourth-order valence-electron chi connectivity index (χ4n) is 2.55. The molecule has 0 fully saturated rings. The van der Waals surface area contributed by atoms with Crippen LogP contribution in [0.25, 0.3) is 0 Å². The number of benzene rings is 2. The maximum atomic E-state index is 5.35. The average molecular weight is 335 g/mol. The van der Waals surface area contributed by atoms with Crippen molar-refractivity contribution >= 4 is 17.5 Å². The summed E-state index contributed by atoms with van der Waals surface area (Å²) >= 11 is 0. The highest BCUT2D eigenvalue weighted by atomic mass is 16.5. The zero-order valence-corrected chi connectivity index (χ0v) is 14.4. The summed E-state index contributed by atoms with van der Waals surface area (Å²) < 4.78 is 5.35. The highest BCUT2D eigenvalue weighted by molar-refractivity contribution is 5.60. The van der Waals surface area contributed by atoms with E-state index in [0.717, 1.165) is 23.4 Å². The molecule has 1 heterocycles. The van der Waals surface area contributed by atoms with Gasteiger partial charge in [0.25, 0.3) is 0 Å². The summed E-state index contributed by atoms with van der Waals surface area (Å²) in [7, 11) is 1.66.